The molecular weight excluding hydrogens is 314 g/mol. The molecule has 1 saturated heterocycles. The lowest BCUT2D eigenvalue weighted by Crippen LogP contribution is -2.49. The molecule has 124 valence electrons. The lowest BCUT2D eigenvalue weighted by atomic mass is 10.2. The summed E-state index contributed by atoms with van der Waals surface area (Å²) in [6, 6.07) is 9.65. The van der Waals surface area contributed by atoms with Gasteiger partial charge in [0.05, 0.1) is 25.5 Å². The number of sulfonamides is 1. The summed E-state index contributed by atoms with van der Waals surface area (Å²) >= 11 is 0. The van der Waals surface area contributed by atoms with Crippen molar-refractivity contribution in [3.8, 4) is 0 Å². The Bertz CT molecular complexity index is 758. The van der Waals surface area contributed by atoms with Crippen LogP contribution in [0.2, 0.25) is 0 Å². The summed E-state index contributed by atoms with van der Waals surface area (Å²) in [5.41, 5.74) is 1.08. The average molecular weight is 335 g/mol. The second kappa shape index (κ2) is 6.43. The van der Waals surface area contributed by atoms with Gasteiger partial charge in [0.25, 0.3) is 0 Å². The second-order valence-electron chi connectivity index (χ2n) is 5.93. The number of nitrogens with zero attached hydrogens (tertiary/aromatic N) is 3. The lowest BCUT2D eigenvalue weighted by Gasteiger charge is -2.35. The molecule has 1 aliphatic rings. The Morgan fingerprint density at radius 3 is 2.74 bits per heavy atom. The van der Waals surface area contributed by atoms with Gasteiger partial charge < -0.3 is 4.74 Å². The maximum absolute atomic E-state index is 12.8. The van der Waals surface area contributed by atoms with Gasteiger partial charge in [-0.2, -0.15) is 9.40 Å². The highest BCUT2D eigenvalue weighted by Gasteiger charge is 2.34. The lowest BCUT2D eigenvalue weighted by molar-refractivity contribution is -0.0170. The quantitative estimate of drug-likeness (QED) is 0.853. The van der Waals surface area contributed by atoms with E-state index in [0.29, 0.717) is 19.7 Å². The monoisotopic (exact) mass is 335 g/mol. The third-order valence-electron chi connectivity index (χ3n) is 3.95. The fraction of sp³-hybridized carbons (Fsp3) is 0.438. The molecule has 6 nitrogen and oxygen atoms in total. The van der Waals surface area contributed by atoms with Crippen molar-refractivity contribution in [2.75, 3.05) is 13.2 Å². The van der Waals surface area contributed by atoms with Crippen molar-refractivity contribution in [1.82, 2.24) is 14.1 Å². The van der Waals surface area contributed by atoms with E-state index in [1.54, 1.807) is 10.9 Å². The Morgan fingerprint density at radius 2 is 2.00 bits per heavy atom. The van der Waals surface area contributed by atoms with Crippen LogP contribution in [0.4, 0.5) is 0 Å². The van der Waals surface area contributed by atoms with Gasteiger partial charge in [-0.1, -0.05) is 30.3 Å². The zero-order valence-corrected chi connectivity index (χ0v) is 14.1. The summed E-state index contributed by atoms with van der Waals surface area (Å²) in [4.78, 5) is 0.231. The Balaban J connectivity index is 1.81. The van der Waals surface area contributed by atoms with E-state index in [2.05, 4.69) is 5.10 Å². The Hall–Kier alpha value is -1.70. The molecule has 0 N–H and O–H groups in total. The minimum absolute atomic E-state index is 0.0969. The molecule has 0 amide bonds. The van der Waals surface area contributed by atoms with Crippen LogP contribution in [0.3, 0.4) is 0 Å². The van der Waals surface area contributed by atoms with E-state index in [1.807, 2.05) is 44.2 Å². The number of hydrogen-bond donors (Lipinski definition) is 0. The zero-order chi connectivity index (χ0) is 16.4. The van der Waals surface area contributed by atoms with Crippen molar-refractivity contribution in [2.24, 2.45) is 0 Å². The van der Waals surface area contributed by atoms with Gasteiger partial charge in [0.2, 0.25) is 10.0 Å². The fourth-order valence-electron chi connectivity index (χ4n) is 2.68. The number of hydrogen-bond acceptors (Lipinski definition) is 4. The standard InChI is InChI=1S/C16H21N3O3S/c1-13-12-22-14(2)9-19(13)23(20,21)16-8-17-18(11-16)10-15-6-4-3-5-7-15/h3-8,11,13-14H,9-10,12H2,1-2H3. The number of morpholine rings is 1. The molecule has 0 aliphatic carbocycles. The summed E-state index contributed by atoms with van der Waals surface area (Å²) in [5, 5.41) is 4.20. The van der Waals surface area contributed by atoms with E-state index in [-0.39, 0.29) is 17.0 Å². The average Bonchev–Trinajstić information content (AvgIpc) is 3.00. The molecule has 3 rings (SSSR count). The molecule has 1 fully saturated rings. The van der Waals surface area contributed by atoms with Crippen LogP contribution >= 0.6 is 0 Å². The van der Waals surface area contributed by atoms with E-state index < -0.39 is 10.0 Å². The Morgan fingerprint density at radius 1 is 1.26 bits per heavy atom. The normalized spacial score (nSPS) is 23.0. The maximum atomic E-state index is 12.8. The molecule has 2 atom stereocenters. The molecule has 23 heavy (non-hydrogen) atoms. The summed E-state index contributed by atoms with van der Waals surface area (Å²) in [7, 11) is -3.55. The van der Waals surface area contributed by atoms with Gasteiger partial charge in [0.1, 0.15) is 4.90 Å². The van der Waals surface area contributed by atoms with E-state index >= 15 is 0 Å². The van der Waals surface area contributed by atoms with Crippen molar-refractivity contribution < 1.29 is 13.2 Å². The molecule has 0 bridgehead atoms. The van der Waals surface area contributed by atoms with Crippen molar-refractivity contribution in [3.05, 3.63) is 48.3 Å². The van der Waals surface area contributed by atoms with E-state index in [1.165, 1.54) is 10.5 Å². The minimum Gasteiger partial charge on any atom is -0.375 e. The predicted molar refractivity (Wildman–Crippen MR) is 86.5 cm³/mol. The van der Waals surface area contributed by atoms with Crippen LogP contribution in [-0.2, 0) is 21.3 Å². The number of ether oxygens (including phenoxy) is 1. The van der Waals surface area contributed by atoms with Crippen molar-refractivity contribution in [1.29, 1.82) is 0 Å². The first-order valence-electron chi connectivity index (χ1n) is 7.66. The van der Waals surface area contributed by atoms with Gasteiger partial charge >= 0.3 is 0 Å². The van der Waals surface area contributed by atoms with Crippen LogP contribution in [0.5, 0.6) is 0 Å². The Kier molecular flexibility index (Phi) is 4.52. The number of aromatic nitrogens is 2. The SMILES string of the molecule is CC1CN(S(=O)(=O)c2cnn(Cc3ccccc3)c2)C(C)CO1. The van der Waals surface area contributed by atoms with E-state index in [4.69, 9.17) is 4.74 Å². The van der Waals surface area contributed by atoms with Crippen LogP contribution in [0.25, 0.3) is 0 Å². The molecule has 0 radical (unpaired) electrons. The first kappa shape index (κ1) is 16.2. The summed E-state index contributed by atoms with van der Waals surface area (Å²) in [6.45, 7) is 5.07. The van der Waals surface area contributed by atoms with Gasteiger partial charge in [-0.15, -0.1) is 0 Å². The van der Waals surface area contributed by atoms with Crippen molar-refractivity contribution in [3.63, 3.8) is 0 Å². The van der Waals surface area contributed by atoms with Gasteiger partial charge in [-0.25, -0.2) is 8.42 Å². The van der Waals surface area contributed by atoms with Crippen LogP contribution in [0, 0.1) is 0 Å². The van der Waals surface area contributed by atoms with Crippen molar-refractivity contribution in [2.45, 2.75) is 37.4 Å². The van der Waals surface area contributed by atoms with Crippen LogP contribution in [-0.4, -0.2) is 47.8 Å². The fourth-order valence-corrected chi connectivity index (χ4v) is 4.32. The third-order valence-corrected chi connectivity index (χ3v) is 5.89. The number of rotatable bonds is 4. The molecule has 1 aliphatic heterocycles. The minimum atomic E-state index is -3.55. The molecule has 7 heteroatoms. The van der Waals surface area contributed by atoms with E-state index in [0.717, 1.165) is 5.56 Å². The summed E-state index contributed by atoms with van der Waals surface area (Å²) in [6.07, 6.45) is 2.92. The smallest absolute Gasteiger partial charge is 0.246 e. The maximum Gasteiger partial charge on any atom is 0.246 e. The third kappa shape index (κ3) is 3.46. The predicted octanol–water partition coefficient (Wildman–Crippen LogP) is 1.73. The van der Waals surface area contributed by atoms with Gasteiger partial charge in [0, 0.05) is 18.8 Å². The molecular formula is C16H21N3O3S. The number of benzene rings is 1. The van der Waals surface area contributed by atoms with Gasteiger partial charge in [0.15, 0.2) is 0 Å². The highest BCUT2D eigenvalue weighted by atomic mass is 32.2. The summed E-state index contributed by atoms with van der Waals surface area (Å²) < 4.78 is 34.3. The molecule has 0 spiro atoms. The molecule has 0 saturated carbocycles. The topological polar surface area (TPSA) is 64.4 Å². The van der Waals surface area contributed by atoms with Crippen molar-refractivity contribution >= 4 is 10.0 Å². The van der Waals surface area contributed by atoms with E-state index in [9.17, 15) is 8.42 Å². The second-order valence-corrected chi connectivity index (χ2v) is 7.82. The largest absolute Gasteiger partial charge is 0.375 e. The first-order chi connectivity index (χ1) is 11.0. The molecule has 1 aromatic carbocycles. The summed E-state index contributed by atoms with van der Waals surface area (Å²) in [5.74, 6) is 0. The first-order valence-corrected chi connectivity index (χ1v) is 9.10. The van der Waals surface area contributed by atoms with Gasteiger partial charge in [-0.3, -0.25) is 4.68 Å². The molecule has 2 unspecified atom stereocenters. The highest BCUT2D eigenvalue weighted by molar-refractivity contribution is 7.89. The zero-order valence-electron chi connectivity index (χ0n) is 13.3. The Labute approximate surface area is 136 Å². The highest BCUT2D eigenvalue weighted by Crippen LogP contribution is 2.22. The molecule has 2 aromatic rings. The van der Waals surface area contributed by atoms with Crippen LogP contribution in [0.15, 0.2) is 47.6 Å². The van der Waals surface area contributed by atoms with Crippen LogP contribution < -0.4 is 0 Å². The van der Waals surface area contributed by atoms with Gasteiger partial charge in [-0.05, 0) is 19.4 Å². The molecule has 2 heterocycles. The van der Waals surface area contributed by atoms with Crippen LogP contribution in [0.1, 0.15) is 19.4 Å². The molecule has 1 aromatic heterocycles.